The zero-order valence-electron chi connectivity index (χ0n) is 7.79. The Hall–Kier alpha value is -0.820. The fourth-order valence-corrected chi connectivity index (χ4v) is 2.45. The molecule has 1 saturated carbocycles. The number of hydrogen-bond acceptors (Lipinski definition) is 1. The Morgan fingerprint density at radius 1 is 1.15 bits per heavy atom. The molecule has 1 saturated heterocycles. The summed E-state index contributed by atoms with van der Waals surface area (Å²) < 4.78 is 0. The van der Waals surface area contributed by atoms with Gasteiger partial charge in [0.25, 0.3) is 0 Å². The lowest BCUT2D eigenvalue weighted by Gasteiger charge is -2.08. The van der Waals surface area contributed by atoms with E-state index in [0.717, 1.165) is 5.92 Å². The number of rotatable bonds is 1. The molecule has 13 heavy (non-hydrogen) atoms. The standard InChI is InChI=1S/C12H15N/c1-2-4-10(5-3-1)11-8-12(6-7-12)13-9-11/h1-5,11,13H,6-9H2/t11-/m1/s1. The van der Waals surface area contributed by atoms with Crippen LogP contribution >= 0.6 is 0 Å². The lowest BCUT2D eigenvalue weighted by molar-refractivity contribution is 0.595. The van der Waals surface area contributed by atoms with Crippen molar-refractivity contribution in [1.82, 2.24) is 5.32 Å². The molecule has 1 aliphatic heterocycles. The third kappa shape index (κ3) is 1.28. The summed E-state index contributed by atoms with van der Waals surface area (Å²) in [4.78, 5) is 0. The molecule has 68 valence electrons. The zero-order chi connectivity index (χ0) is 8.73. The summed E-state index contributed by atoms with van der Waals surface area (Å²) >= 11 is 0. The zero-order valence-corrected chi connectivity index (χ0v) is 7.79. The van der Waals surface area contributed by atoms with Gasteiger partial charge in [-0.3, -0.25) is 0 Å². The van der Waals surface area contributed by atoms with E-state index in [4.69, 9.17) is 0 Å². The molecule has 0 aromatic heterocycles. The van der Waals surface area contributed by atoms with Gasteiger partial charge in [-0.25, -0.2) is 0 Å². The van der Waals surface area contributed by atoms with Gasteiger partial charge in [0.2, 0.25) is 0 Å². The molecule has 0 unspecified atom stereocenters. The summed E-state index contributed by atoms with van der Waals surface area (Å²) in [5, 5.41) is 3.66. The minimum absolute atomic E-state index is 0.570. The highest BCUT2D eigenvalue weighted by molar-refractivity contribution is 5.25. The van der Waals surface area contributed by atoms with Crippen molar-refractivity contribution in [1.29, 1.82) is 0 Å². The van der Waals surface area contributed by atoms with E-state index in [-0.39, 0.29) is 0 Å². The normalized spacial score (nSPS) is 29.4. The summed E-state index contributed by atoms with van der Waals surface area (Å²) in [6, 6.07) is 10.9. The van der Waals surface area contributed by atoms with Crippen molar-refractivity contribution < 1.29 is 0 Å². The lowest BCUT2D eigenvalue weighted by atomic mass is 9.96. The van der Waals surface area contributed by atoms with E-state index in [1.165, 1.54) is 31.4 Å². The van der Waals surface area contributed by atoms with Gasteiger partial charge in [-0.2, -0.15) is 0 Å². The molecule has 0 bridgehead atoms. The molecule has 1 aromatic rings. The van der Waals surface area contributed by atoms with Crippen molar-refractivity contribution in [2.24, 2.45) is 0 Å². The molecule has 1 aliphatic carbocycles. The minimum atomic E-state index is 0.570. The second-order valence-electron chi connectivity index (χ2n) is 4.47. The summed E-state index contributed by atoms with van der Waals surface area (Å²) in [6.07, 6.45) is 4.16. The largest absolute Gasteiger partial charge is 0.311 e. The van der Waals surface area contributed by atoms with Gasteiger partial charge in [0, 0.05) is 12.1 Å². The molecule has 1 heterocycles. The average molecular weight is 173 g/mol. The molecule has 1 atom stereocenters. The van der Waals surface area contributed by atoms with Crippen molar-refractivity contribution >= 4 is 0 Å². The highest BCUT2D eigenvalue weighted by Crippen LogP contribution is 2.47. The second kappa shape index (κ2) is 2.58. The van der Waals surface area contributed by atoms with Crippen LogP contribution in [-0.4, -0.2) is 12.1 Å². The first-order chi connectivity index (χ1) is 6.38. The number of benzene rings is 1. The molecule has 3 rings (SSSR count). The highest BCUT2D eigenvalue weighted by atomic mass is 15.1. The van der Waals surface area contributed by atoms with E-state index >= 15 is 0 Å². The van der Waals surface area contributed by atoms with Crippen molar-refractivity contribution in [3.63, 3.8) is 0 Å². The summed E-state index contributed by atoms with van der Waals surface area (Å²) in [6.45, 7) is 1.18. The Morgan fingerprint density at radius 3 is 2.54 bits per heavy atom. The van der Waals surface area contributed by atoms with Crippen molar-refractivity contribution in [2.45, 2.75) is 30.7 Å². The first-order valence-corrected chi connectivity index (χ1v) is 5.18. The Morgan fingerprint density at radius 2 is 1.92 bits per heavy atom. The van der Waals surface area contributed by atoms with Crippen LogP contribution in [0.15, 0.2) is 30.3 Å². The third-order valence-corrected chi connectivity index (χ3v) is 3.49. The molecule has 1 nitrogen and oxygen atoms in total. The van der Waals surface area contributed by atoms with Gasteiger partial charge >= 0.3 is 0 Å². The predicted molar refractivity (Wildman–Crippen MR) is 53.8 cm³/mol. The Balaban J connectivity index is 1.80. The molecule has 0 radical (unpaired) electrons. The molecule has 2 aliphatic rings. The fraction of sp³-hybridized carbons (Fsp3) is 0.500. The second-order valence-corrected chi connectivity index (χ2v) is 4.47. The molecular weight excluding hydrogens is 158 g/mol. The van der Waals surface area contributed by atoms with Crippen LogP contribution in [-0.2, 0) is 0 Å². The summed E-state index contributed by atoms with van der Waals surface area (Å²) in [5.74, 6) is 0.767. The van der Waals surface area contributed by atoms with E-state index in [0.29, 0.717) is 5.54 Å². The first kappa shape index (κ1) is 7.57. The van der Waals surface area contributed by atoms with Crippen molar-refractivity contribution in [3.05, 3.63) is 35.9 Å². The number of hydrogen-bond donors (Lipinski definition) is 1. The van der Waals surface area contributed by atoms with Gasteiger partial charge in [0.05, 0.1) is 0 Å². The van der Waals surface area contributed by atoms with Gasteiger partial charge in [-0.15, -0.1) is 0 Å². The Kier molecular flexibility index (Phi) is 1.50. The Bertz CT molecular complexity index is 300. The van der Waals surface area contributed by atoms with Gasteiger partial charge in [-0.1, -0.05) is 30.3 Å². The molecule has 1 heteroatoms. The smallest absolute Gasteiger partial charge is 0.0189 e. The van der Waals surface area contributed by atoms with E-state index in [2.05, 4.69) is 35.6 Å². The van der Waals surface area contributed by atoms with E-state index in [9.17, 15) is 0 Å². The maximum absolute atomic E-state index is 3.66. The third-order valence-electron chi connectivity index (χ3n) is 3.49. The highest BCUT2D eigenvalue weighted by Gasteiger charge is 2.48. The molecular formula is C12H15N. The van der Waals surface area contributed by atoms with Gasteiger partial charge in [0.1, 0.15) is 0 Å². The summed E-state index contributed by atoms with van der Waals surface area (Å²) in [5.41, 5.74) is 2.08. The van der Waals surface area contributed by atoms with Gasteiger partial charge < -0.3 is 5.32 Å². The topological polar surface area (TPSA) is 12.0 Å². The molecule has 1 spiro atoms. The van der Waals surface area contributed by atoms with Crippen molar-refractivity contribution in [2.75, 3.05) is 6.54 Å². The molecule has 2 fully saturated rings. The van der Waals surface area contributed by atoms with Crippen LogP contribution in [0.4, 0.5) is 0 Å². The van der Waals surface area contributed by atoms with Crippen LogP contribution in [0.25, 0.3) is 0 Å². The van der Waals surface area contributed by atoms with Crippen LogP contribution in [0.3, 0.4) is 0 Å². The van der Waals surface area contributed by atoms with Crippen LogP contribution in [0.2, 0.25) is 0 Å². The predicted octanol–water partition coefficient (Wildman–Crippen LogP) is 2.30. The quantitative estimate of drug-likeness (QED) is 0.687. The van der Waals surface area contributed by atoms with Crippen LogP contribution in [0, 0.1) is 0 Å². The van der Waals surface area contributed by atoms with Gasteiger partial charge in [0.15, 0.2) is 0 Å². The molecule has 0 amide bonds. The molecule has 1 aromatic carbocycles. The monoisotopic (exact) mass is 173 g/mol. The van der Waals surface area contributed by atoms with E-state index in [1.807, 2.05) is 0 Å². The van der Waals surface area contributed by atoms with E-state index in [1.54, 1.807) is 0 Å². The minimum Gasteiger partial charge on any atom is -0.311 e. The van der Waals surface area contributed by atoms with Crippen LogP contribution < -0.4 is 5.32 Å². The summed E-state index contributed by atoms with van der Waals surface area (Å²) in [7, 11) is 0. The SMILES string of the molecule is c1ccc([C@H]2CNC3(CC3)C2)cc1. The molecule has 1 N–H and O–H groups in total. The maximum Gasteiger partial charge on any atom is 0.0189 e. The van der Waals surface area contributed by atoms with E-state index < -0.39 is 0 Å². The van der Waals surface area contributed by atoms with Crippen LogP contribution in [0.1, 0.15) is 30.7 Å². The van der Waals surface area contributed by atoms with Crippen molar-refractivity contribution in [3.8, 4) is 0 Å². The average Bonchev–Trinajstić information content (AvgIpc) is 2.78. The first-order valence-electron chi connectivity index (χ1n) is 5.18. The van der Waals surface area contributed by atoms with Gasteiger partial charge in [-0.05, 0) is 30.7 Å². The lowest BCUT2D eigenvalue weighted by Crippen LogP contribution is -2.22. The Labute approximate surface area is 79.2 Å². The fourth-order valence-electron chi connectivity index (χ4n) is 2.45. The maximum atomic E-state index is 3.66. The number of nitrogens with one attached hydrogen (secondary N) is 1. The van der Waals surface area contributed by atoms with Crippen LogP contribution in [0.5, 0.6) is 0 Å².